The number of hydrogen-bond donors (Lipinski definition) is 1. The highest BCUT2D eigenvalue weighted by molar-refractivity contribution is 7.89. The Hall–Kier alpha value is -2.33. The van der Waals surface area contributed by atoms with Crippen molar-refractivity contribution in [1.82, 2.24) is 14.7 Å². The third-order valence-corrected chi connectivity index (χ3v) is 5.55. The summed E-state index contributed by atoms with van der Waals surface area (Å²) in [6.45, 7) is 3.52. The second-order valence-corrected chi connectivity index (χ2v) is 7.86. The maximum Gasteiger partial charge on any atom is 0.243 e. The molecule has 1 aliphatic rings. The summed E-state index contributed by atoms with van der Waals surface area (Å²) >= 11 is 0. The minimum atomic E-state index is -4.10. The van der Waals surface area contributed by atoms with Crippen LogP contribution in [0.25, 0.3) is 0 Å². The first-order chi connectivity index (χ1) is 12.8. The fourth-order valence-corrected chi connectivity index (χ4v) is 3.88. The van der Waals surface area contributed by atoms with E-state index in [1.165, 1.54) is 0 Å². The van der Waals surface area contributed by atoms with Crippen LogP contribution in [0, 0.1) is 18.6 Å². The number of aromatic nitrogens is 2. The third-order valence-electron chi connectivity index (χ3n) is 4.06. The van der Waals surface area contributed by atoms with Gasteiger partial charge in [-0.05, 0) is 31.9 Å². The average molecular weight is 398 g/mol. The maximum atomic E-state index is 13.6. The van der Waals surface area contributed by atoms with E-state index in [0.717, 1.165) is 43.9 Å². The molecule has 0 unspecified atom stereocenters. The molecule has 0 amide bonds. The van der Waals surface area contributed by atoms with Gasteiger partial charge in [0.2, 0.25) is 15.9 Å². The average Bonchev–Trinajstić information content (AvgIpc) is 3.12. The molecule has 146 valence electrons. The van der Waals surface area contributed by atoms with Crippen molar-refractivity contribution in [3.63, 3.8) is 0 Å². The molecule has 0 atom stereocenters. The first-order valence-electron chi connectivity index (χ1n) is 8.53. The number of halogens is 2. The zero-order valence-corrected chi connectivity index (χ0v) is 15.6. The predicted molar refractivity (Wildman–Crippen MR) is 95.3 cm³/mol. The van der Waals surface area contributed by atoms with Crippen molar-refractivity contribution in [1.29, 1.82) is 0 Å². The molecule has 1 N–H and O–H groups in total. The Morgan fingerprint density at radius 1 is 1.19 bits per heavy atom. The second-order valence-electron chi connectivity index (χ2n) is 6.13. The lowest BCUT2D eigenvalue weighted by atomic mass is 10.3. The molecule has 1 aromatic carbocycles. The van der Waals surface area contributed by atoms with Gasteiger partial charge in [0, 0.05) is 31.8 Å². The number of rotatable bonds is 7. The van der Waals surface area contributed by atoms with Crippen LogP contribution in [0.15, 0.2) is 29.2 Å². The molecule has 2 heterocycles. The monoisotopic (exact) mass is 398 g/mol. The van der Waals surface area contributed by atoms with Gasteiger partial charge in [0.05, 0.1) is 0 Å². The molecular weight excluding hydrogens is 378 g/mol. The number of benzene rings is 1. The Morgan fingerprint density at radius 2 is 1.93 bits per heavy atom. The van der Waals surface area contributed by atoms with E-state index < -0.39 is 26.6 Å². The van der Waals surface area contributed by atoms with E-state index in [4.69, 9.17) is 4.74 Å². The Labute approximate surface area is 156 Å². The normalized spacial score (nSPS) is 14.6. The van der Waals surface area contributed by atoms with Crippen LogP contribution in [0.3, 0.4) is 0 Å². The van der Waals surface area contributed by atoms with Crippen LogP contribution < -0.4 is 14.4 Å². The Morgan fingerprint density at radius 3 is 2.63 bits per heavy atom. The molecule has 1 fully saturated rings. The number of sulfonamides is 1. The molecule has 0 radical (unpaired) electrons. The van der Waals surface area contributed by atoms with Crippen LogP contribution in [-0.2, 0) is 10.0 Å². The topological polar surface area (TPSA) is 84.4 Å². The fraction of sp³-hybridized carbons (Fsp3) is 0.412. The van der Waals surface area contributed by atoms with E-state index in [-0.39, 0.29) is 13.2 Å². The highest BCUT2D eigenvalue weighted by atomic mass is 32.2. The molecule has 27 heavy (non-hydrogen) atoms. The van der Waals surface area contributed by atoms with Crippen molar-refractivity contribution >= 4 is 15.8 Å². The molecule has 10 heteroatoms. The molecule has 7 nitrogen and oxygen atoms in total. The van der Waals surface area contributed by atoms with Gasteiger partial charge in [0.25, 0.3) is 0 Å². The number of aryl methyl sites for hydroxylation is 1. The molecule has 1 saturated heterocycles. The van der Waals surface area contributed by atoms with Crippen molar-refractivity contribution in [3.05, 3.63) is 41.7 Å². The van der Waals surface area contributed by atoms with Crippen LogP contribution in [0.1, 0.15) is 18.7 Å². The summed E-state index contributed by atoms with van der Waals surface area (Å²) in [7, 11) is -4.10. The Bertz CT molecular complexity index is 918. The first-order valence-corrected chi connectivity index (χ1v) is 10.0. The van der Waals surface area contributed by atoms with Crippen molar-refractivity contribution < 1.29 is 21.9 Å². The number of ether oxygens (including phenoxy) is 1. The zero-order valence-electron chi connectivity index (χ0n) is 14.8. The number of anilines is 1. The highest BCUT2D eigenvalue weighted by Gasteiger charge is 2.19. The summed E-state index contributed by atoms with van der Waals surface area (Å²) in [5.41, 5.74) is 0. The Balaban J connectivity index is 1.58. The van der Waals surface area contributed by atoms with Crippen LogP contribution >= 0.6 is 0 Å². The minimum Gasteiger partial charge on any atom is -0.476 e. The molecular formula is C17H20F2N4O3S. The van der Waals surface area contributed by atoms with Gasteiger partial charge in [-0.25, -0.2) is 26.9 Å². The van der Waals surface area contributed by atoms with Crippen LogP contribution in [0.2, 0.25) is 0 Å². The summed E-state index contributed by atoms with van der Waals surface area (Å²) in [5.74, 6) is -0.309. The number of nitrogens with one attached hydrogen (secondary N) is 1. The molecule has 3 rings (SSSR count). The van der Waals surface area contributed by atoms with E-state index >= 15 is 0 Å². The third kappa shape index (κ3) is 4.89. The highest BCUT2D eigenvalue weighted by Crippen LogP contribution is 2.21. The maximum absolute atomic E-state index is 13.6. The van der Waals surface area contributed by atoms with Gasteiger partial charge in [0.15, 0.2) is 0 Å². The summed E-state index contributed by atoms with van der Waals surface area (Å²) in [6.07, 6.45) is 2.22. The number of nitrogens with zero attached hydrogens (tertiary/aromatic N) is 3. The smallest absolute Gasteiger partial charge is 0.243 e. The van der Waals surface area contributed by atoms with Crippen molar-refractivity contribution in [2.45, 2.75) is 24.7 Å². The van der Waals surface area contributed by atoms with Gasteiger partial charge in [-0.3, -0.25) is 0 Å². The van der Waals surface area contributed by atoms with Crippen molar-refractivity contribution in [3.8, 4) is 5.88 Å². The van der Waals surface area contributed by atoms with E-state index in [1.807, 2.05) is 0 Å². The van der Waals surface area contributed by atoms with Gasteiger partial charge in [-0.1, -0.05) is 0 Å². The van der Waals surface area contributed by atoms with Gasteiger partial charge < -0.3 is 9.64 Å². The van der Waals surface area contributed by atoms with Gasteiger partial charge in [0.1, 0.15) is 34.8 Å². The molecule has 0 spiro atoms. The summed E-state index contributed by atoms with van der Waals surface area (Å²) in [4.78, 5) is 10.1. The summed E-state index contributed by atoms with van der Waals surface area (Å²) < 4.78 is 58.5. The molecule has 0 bridgehead atoms. The molecule has 2 aromatic rings. The molecule has 1 aromatic heterocycles. The predicted octanol–water partition coefficient (Wildman–Crippen LogP) is 2.02. The van der Waals surface area contributed by atoms with Crippen LogP contribution in [-0.4, -0.2) is 44.6 Å². The van der Waals surface area contributed by atoms with E-state index in [2.05, 4.69) is 19.6 Å². The number of hydrogen-bond acceptors (Lipinski definition) is 6. The van der Waals surface area contributed by atoms with Crippen LogP contribution in [0.4, 0.5) is 14.6 Å². The molecule has 0 aliphatic carbocycles. The van der Waals surface area contributed by atoms with Gasteiger partial charge in [-0.15, -0.1) is 0 Å². The largest absolute Gasteiger partial charge is 0.476 e. The van der Waals surface area contributed by atoms with Crippen molar-refractivity contribution in [2.24, 2.45) is 0 Å². The minimum absolute atomic E-state index is 0.00205. The van der Waals surface area contributed by atoms with E-state index in [9.17, 15) is 17.2 Å². The molecule has 1 aliphatic heterocycles. The van der Waals surface area contributed by atoms with Gasteiger partial charge >= 0.3 is 0 Å². The quantitative estimate of drug-likeness (QED) is 0.719. The Kier molecular flexibility index (Phi) is 5.85. The van der Waals surface area contributed by atoms with E-state index in [0.29, 0.717) is 17.8 Å². The lowest BCUT2D eigenvalue weighted by Gasteiger charge is -2.17. The van der Waals surface area contributed by atoms with Crippen LogP contribution in [0.5, 0.6) is 5.88 Å². The van der Waals surface area contributed by atoms with E-state index in [1.54, 1.807) is 13.0 Å². The van der Waals surface area contributed by atoms with Crippen molar-refractivity contribution in [2.75, 3.05) is 31.1 Å². The fourth-order valence-electron chi connectivity index (χ4n) is 2.81. The second kappa shape index (κ2) is 8.13. The zero-order chi connectivity index (χ0) is 19.4. The van der Waals surface area contributed by atoms with Gasteiger partial charge in [-0.2, -0.15) is 4.98 Å². The SMILES string of the molecule is Cc1nc(OCCNS(=O)(=O)c2ccc(F)cc2F)cc(N2CCCC2)n1. The first kappa shape index (κ1) is 19.4. The lowest BCUT2D eigenvalue weighted by molar-refractivity contribution is 0.309. The standard InChI is InChI=1S/C17H20F2N4O3S/c1-12-21-16(23-7-2-3-8-23)11-17(22-12)26-9-6-20-27(24,25)15-5-4-13(18)10-14(15)19/h4-5,10-11,20H,2-3,6-9H2,1H3. The molecule has 0 saturated carbocycles. The lowest BCUT2D eigenvalue weighted by Crippen LogP contribution is -2.29. The summed E-state index contributed by atoms with van der Waals surface area (Å²) in [5, 5.41) is 0. The summed E-state index contributed by atoms with van der Waals surface area (Å²) in [6, 6.07) is 4.00.